The fraction of sp³-hybridized carbons (Fsp3) is 0.167. The standard InChI is InChI=1S/C12H11N3O/c1-15(8-10-4-6-16-9-10)12-3-2-5-14-11(12)7-13/h2-6,9H,8H2,1H3. The molecule has 2 heterocycles. The predicted octanol–water partition coefficient (Wildman–Crippen LogP) is 2.18. The van der Waals surface area contributed by atoms with E-state index in [1.807, 2.05) is 30.1 Å². The molecule has 0 N–H and O–H groups in total. The van der Waals surface area contributed by atoms with Crippen molar-refractivity contribution in [1.82, 2.24) is 4.98 Å². The van der Waals surface area contributed by atoms with Gasteiger partial charge in [-0.2, -0.15) is 5.26 Å². The van der Waals surface area contributed by atoms with Crippen molar-refractivity contribution in [3.63, 3.8) is 0 Å². The van der Waals surface area contributed by atoms with Crippen LogP contribution in [0.3, 0.4) is 0 Å². The van der Waals surface area contributed by atoms with Crippen molar-refractivity contribution in [1.29, 1.82) is 5.26 Å². The second-order valence-corrected chi connectivity index (χ2v) is 3.47. The third-order valence-corrected chi connectivity index (χ3v) is 2.30. The summed E-state index contributed by atoms with van der Waals surface area (Å²) in [5, 5.41) is 8.94. The molecule has 2 aromatic heterocycles. The monoisotopic (exact) mass is 213 g/mol. The molecule has 0 fully saturated rings. The van der Waals surface area contributed by atoms with Gasteiger partial charge in [-0.15, -0.1) is 0 Å². The molecule has 2 rings (SSSR count). The molecule has 0 saturated heterocycles. The highest BCUT2D eigenvalue weighted by molar-refractivity contribution is 5.55. The van der Waals surface area contributed by atoms with Gasteiger partial charge in [0.15, 0.2) is 5.69 Å². The van der Waals surface area contributed by atoms with E-state index in [0.717, 1.165) is 11.3 Å². The molecule has 0 unspecified atom stereocenters. The third-order valence-electron chi connectivity index (χ3n) is 2.30. The predicted molar refractivity (Wildman–Crippen MR) is 59.8 cm³/mol. The topological polar surface area (TPSA) is 53.1 Å². The SMILES string of the molecule is CN(Cc1ccoc1)c1cccnc1C#N. The molecule has 0 aliphatic heterocycles. The number of nitriles is 1. The largest absolute Gasteiger partial charge is 0.472 e. The maximum Gasteiger partial charge on any atom is 0.163 e. The molecule has 16 heavy (non-hydrogen) atoms. The molecule has 4 nitrogen and oxygen atoms in total. The van der Waals surface area contributed by atoms with Crippen LogP contribution in [-0.4, -0.2) is 12.0 Å². The smallest absolute Gasteiger partial charge is 0.163 e. The van der Waals surface area contributed by atoms with Crippen molar-refractivity contribution < 1.29 is 4.42 Å². The second-order valence-electron chi connectivity index (χ2n) is 3.47. The van der Waals surface area contributed by atoms with Crippen LogP contribution < -0.4 is 4.90 Å². The van der Waals surface area contributed by atoms with Gasteiger partial charge < -0.3 is 9.32 Å². The first-order chi connectivity index (χ1) is 7.81. The highest BCUT2D eigenvalue weighted by atomic mass is 16.3. The third kappa shape index (κ3) is 2.04. The summed E-state index contributed by atoms with van der Waals surface area (Å²) < 4.78 is 5.00. The van der Waals surface area contributed by atoms with Crippen LogP contribution >= 0.6 is 0 Å². The van der Waals surface area contributed by atoms with Crippen molar-refractivity contribution in [2.45, 2.75) is 6.54 Å². The Kier molecular flexibility index (Phi) is 2.88. The Morgan fingerprint density at radius 3 is 3.06 bits per heavy atom. The Balaban J connectivity index is 2.21. The molecule has 2 aromatic rings. The minimum absolute atomic E-state index is 0.438. The highest BCUT2D eigenvalue weighted by Crippen LogP contribution is 2.18. The fourth-order valence-electron chi connectivity index (χ4n) is 1.53. The summed E-state index contributed by atoms with van der Waals surface area (Å²) in [6, 6.07) is 7.68. The first kappa shape index (κ1) is 10.2. The van der Waals surface area contributed by atoms with E-state index in [1.165, 1.54) is 0 Å². The summed E-state index contributed by atoms with van der Waals surface area (Å²) in [6.07, 6.45) is 4.95. The van der Waals surface area contributed by atoms with Crippen LogP contribution in [0.4, 0.5) is 5.69 Å². The van der Waals surface area contributed by atoms with Gasteiger partial charge in [0.05, 0.1) is 18.2 Å². The van der Waals surface area contributed by atoms with Crippen molar-refractivity contribution >= 4 is 5.69 Å². The first-order valence-electron chi connectivity index (χ1n) is 4.88. The van der Waals surface area contributed by atoms with Crippen LogP contribution in [0.15, 0.2) is 41.3 Å². The molecular formula is C12H11N3O. The molecule has 0 aliphatic rings. The number of hydrogen-bond acceptors (Lipinski definition) is 4. The van der Waals surface area contributed by atoms with Crippen LogP contribution in [0.25, 0.3) is 0 Å². The zero-order valence-electron chi connectivity index (χ0n) is 8.92. The zero-order chi connectivity index (χ0) is 11.4. The van der Waals surface area contributed by atoms with E-state index < -0.39 is 0 Å². The van der Waals surface area contributed by atoms with E-state index >= 15 is 0 Å². The normalized spacial score (nSPS) is 9.75. The zero-order valence-corrected chi connectivity index (χ0v) is 8.92. The Hall–Kier alpha value is -2.28. The van der Waals surface area contributed by atoms with E-state index in [0.29, 0.717) is 12.2 Å². The lowest BCUT2D eigenvalue weighted by atomic mass is 10.2. The molecular weight excluding hydrogens is 202 g/mol. The van der Waals surface area contributed by atoms with E-state index in [1.54, 1.807) is 18.7 Å². The van der Waals surface area contributed by atoms with Crippen molar-refractivity contribution in [2.24, 2.45) is 0 Å². The number of anilines is 1. The summed E-state index contributed by atoms with van der Waals surface area (Å²) in [5.41, 5.74) is 2.33. The summed E-state index contributed by atoms with van der Waals surface area (Å²) in [7, 11) is 1.92. The first-order valence-corrected chi connectivity index (χ1v) is 4.88. The number of aromatic nitrogens is 1. The van der Waals surface area contributed by atoms with Crippen LogP contribution in [0.2, 0.25) is 0 Å². The molecule has 0 bridgehead atoms. The summed E-state index contributed by atoms with van der Waals surface area (Å²) in [4.78, 5) is 5.99. The lowest BCUT2D eigenvalue weighted by Crippen LogP contribution is -2.17. The molecule has 0 aromatic carbocycles. The van der Waals surface area contributed by atoms with Gasteiger partial charge in [-0.25, -0.2) is 4.98 Å². The number of nitrogens with zero attached hydrogens (tertiary/aromatic N) is 3. The van der Waals surface area contributed by atoms with Crippen LogP contribution in [0.1, 0.15) is 11.3 Å². The van der Waals surface area contributed by atoms with Crippen LogP contribution in [0, 0.1) is 11.3 Å². The molecule has 0 spiro atoms. The number of pyridine rings is 1. The van der Waals surface area contributed by atoms with Gasteiger partial charge in [0.1, 0.15) is 6.07 Å². The van der Waals surface area contributed by atoms with Crippen molar-refractivity contribution in [3.8, 4) is 6.07 Å². The molecule has 0 aliphatic carbocycles. The number of hydrogen-bond donors (Lipinski definition) is 0. The van der Waals surface area contributed by atoms with Crippen molar-refractivity contribution in [2.75, 3.05) is 11.9 Å². The van der Waals surface area contributed by atoms with Crippen LogP contribution in [0.5, 0.6) is 0 Å². The van der Waals surface area contributed by atoms with Crippen molar-refractivity contribution in [3.05, 3.63) is 48.2 Å². The van der Waals surface area contributed by atoms with Gasteiger partial charge in [-0.1, -0.05) is 0 Å². The molecule has 4 heteroatoms. The Morgan fingerprint density at radius 1 is 1.50 bits per heavy atom. The highest BCUT2D eigenvalue weighted by Gasteiger charge is 2.08. The summed E-state index contributed by atoms with van der Waals surface area (Å²) >= 11 is 0. The average Bonchev–Trinajstić information content (AvgIpc) is 2.81. The average molecular weight is 213 g/mol. The van der Waals surface area contributed by atoms with Gasteiger partial charge in [0.25, 0.3) is 0 Å². The lowest BCUT2D eigenvalue weighted by molar-refractivity contribution is 0.563. The fourth-order valence-corrected chi connectivity index (χ4v) is 1.53. The van der Waals surface area contributed by atoms with Crippen LogP contribution in [-0.2, 0) is 6.54 Å². The van der Waals surface area contributed by atoms with Gasteiger partial charge >= 0.3 is 0 Å². The van der Waals surface area contributed by atoms with E-state index in [2.05, 4.69) is 11.1 Å². The Labute approximate surface area is 93.7 Å². The molecule has 0 atom stereocenters. The minimum atomic E-state index is 0.438. The number of furan rings is 1. The van der Waals surface area contributed by atoms with E-state index in [9.17, 15) is 0 Å². The maximum atomic E-state index is 8.94. The quantitative estimate of drug-likeness (QED) is 0.784. The van der Waals surface area contributed by atoms with Gasteiger partial charge in [-0.3, -0.25) is 0 Å². The number of rotatable bonds is 3. The Morgan fingerprint density at radius 2 is 2.38 bits per heavy atom. The molecule has 80 valence electrons. The summed E-state index contributed by atoms with van der Waals surface area (Å²) in [6.45, 7) is 0.691. The lowest BCUT2D eigenvalue weighted by Gasteiger charge is -2.18. The minimum Gasteiger partial charge on any atom is -0.472 e. The van der Waals surface area contributed by atoms with Gasteiger partial charge in [-0.05, 0) is 18.2 Å². The van der Waals surface area contributed by atoms with Gasteiger partial charge in [0, 0.05) is 25.4 Å². The van der Waals surface area contributed by atoms with Gasteiger partial charge in [0.2, 0.25) is 0 Å². The van der Waals surface area contributed by atoms with E-state index in [-0.39, 0.29) is 0 Å². The summed E-state index contributed by atoms with van der Waals surface area (Å²) in [5.74, 6) is 0. The molecule has 0 radical (unpaired) electrons. The molecule has 0 saturated carbocycles. The Bertz CT molecular complexity index is 499. The second kappa shape index (κ2) is 4.49. The van der Waals surface area contributed by atoms with E-state index in [4.69, 9.17) is 9.68 Å². The maximum absolute atomic E-state index is 8.94. The molecule has 0 amide bonds.